The summed E-state index contributed by atoms with van der Waals surface area (Å²) in [6, 6.07) is 9.80. The number of benzene rings is 1. The lowest BCUT2D eigenvalue weighted by atomic mass is 10.0. The molecule has 0 aromatic heterocycles. The van der Waals surface area contributed by atoms with Gasteiger partial charge in [-0.1, -0.05) is 44.2 Å². The highest BCUT2D eigenvalue weighted by Crippen LogP contribution is 2.26. The third kappa shape index (κ3) is 5.34. The van der Waals surface area contributed by atoms with Crippen molar-refractivity contribution in [1.82, 2.24) is 10.2 Å². The fourth-order valence-corrected chi connectivity index (χ4v) is 2.81. The molecular weight excluding hydrogens is 304 g/mol. The van der Waals surface area contributed by atoms with Crippen molar-refractivity contribution in [2.75, 3.05) is 19.7 Å². The van der Waals surface area contributed by atoms with Crippen molar-refractivity contribution in [2.24, 2.45) is 5.92 Å². The Labute approximate surface area is 144 Å². The highest BCUT2D eigenvalue weighted by molar-refractivity contribution is 5.85. The second-order valence-corrected chi connectivity index (χ2v) is 6.83. The van der Waals surface area contributed by atoms with Gasteiger partial charge < -0.3 is 15.0 Å². The number of carbonyl (C=O) groups excluding carboxylic acids is 2. The molecule has 1 aliphatic heterocycles. The Bertz CT molecular complexity index is 545. The van der Waals surface area contributed by atoms with Gasteiger partial charge in [-0.15, -0.1) is 0 Å². The molecule has 1 fully saturated rings. The van der Waals surface area contributed by atoms with Gasteiger partial charge in [0.2, 0.25) is 11.8 Å². The summed E-state index contributed by atoms with van der Waals surface area (Å²) in [7, 11) is 0. The Morgan fingerprint density at radius 1 is 1.29 bits per heavy atom. The number of nitrogens with one attached hydrogen (secondary N) is 1. The maximum Gasteiger partial charge on any atom is 0.242 e. The smallest absolute Gasteiger partial charge is 0.242 e. The first-order valence-electron chi connectivity index (χ1n) is 8.70. The van der Waals surface area contributed by atoms with Crippen LogP contribution in [0.25, 0.3) is 0 Å². The number of morpholine rings is 1. The summed E-state index contributed by atoms with van der Waals surface area (Å²) in [6.45, 7) is 7.20. The summed E-state index contributed by atoms with van der Waals surface area (Å²) in [4.78, 5) is 26.3. The first kappa shape index (κ1) is 18.5. The minimum Gasteiger partial charge on any atom is -0.374 e. The minimum atomic E-state index is -0.0949. The molecule has 1 N–H and O–H groups in total. The molecule has 2 amide bonds. The quantitative estimate of drug-likeness (QED) is 0.871. The van der Waals surface area contributed by atoms with Crippen LogP contribution in [-0.4, -0.2) is 42.5 Å². The van der Waals surface area contributed by atoms with Crippen molar-refractivity contribution in [3.8, 4) is 0 Å². The standard InChI is InChI=1S/C19H28N2O3/c1-14(2)9-10-18(22)20-11-19(23)21-12-15(3)24-13-17(21)16-7-5-4-6-8-16/h4-8,14-15,17H,9-13H2,1-3H3,(H,20,22)/t15-,17+/m0/s1. The van der Waals surface area contributed by atoms with Crippen LogP contribution in [0.5, 0.6) is 0 Å². The largest absolute Gasteiger partial charge is 0.374 e. The predicted molar refractivity (Wildman–Crippen MR) is 93.4 cm³/mol. The Hall–Kier alpha value is -1.88. The normalized spacial score (nSPS) is 20.9. The van der Waals surface area contributed by atoms with Gasteiger partial charge in [0.15, 0.2) is 0 Å². The zero-order chi connectivity index (χ0) is 17.5. The Kier molecular flexibility index (Phi) is 6.79. The third-order valence-electron chi connectivity index (χ3n) is 4.26. The second-order valence-electron chi connectivity index (χ2n) is 6.83. The van der Waals surface area contributed by atoms with E-state index in [1.54, 1.807) is 0 Å². The lowest BCUT2D eigenvalue weighted by molar-refractivity contribution is -0.144. The van der Waals surface area contributed by atoms with Gasteiger partial charge >= 0.3 is 0 Å². The van der Waals surface area contributed by atoms with Crippen LogP contribution in [0.4, 0.5) is 0 Å². The van der Waals surface area contributed by atoms with Crippen LogP contribution in [-0.2, 0) is 14.3 Å². The van der Waals surface area contributed by atoms with Crippen molar-refractivity contribution in [2.45, 2.75) is 45.8 Å². The highest BCUT2D eigenvalue weighted by atomic mass is 16.5. The van der Waals surface area contributed by atoms with E-state index in [1.165, 1.54) is 0 Å². The molecule has 0 saturated carbocycles. The van der Waals surface area contributed by atoms with Gasteiger partial charge in [0, 0.05) is 13.0 Å². The van der Waals surface area contributed by atoms with Crippen LogP contribution >= 0.6 is 0 Å². The predicted octanol–water partition coefficient (Wildman–Crippen LogP) is 2.53. The van der Waals surface area contributed by atoms with Crippen molar-refractivity contribution < 1.29 is 14.3 Å². The number of nitrogens with zero attached hydrogens (tertiary/aromatic N) is 1. The Morgan fingerprint density at radius 3 is 2.67 bits per heavy atom. The van der Waals surface area contributed by atoms with Crippen LogP contribution < -0.4 is 5.32 Å². The van der Waals surface area contributed by atoms with Gasteiger partial charge in [-0.2, -0.15) is 0 Å². The number of carbonyl (C=O) groups is 2. The summed E-state index contributed by atoms with van der Waals surface area (Å²) in [5.41, 5.74) is 1.06. The molecule has 5 nitrogen and oxygen atoms in total. The molecule has 5 heteroatoms. The van der Waals surface area contributed by atoms with E-state index >= 15 is 0 Å². The minimum absolute atomic E-state index is 0.00514. The number of hydrogen-bond acceptors (Lipinski definition) is 3. The summed E-state index contributed by atoms with van der Waals surface area (Å²) < 4.78 is 5.73. The van der Waals surface area contributed by atoms with Crippen molar-refractivity contribution in [1.29, 1.82) is 0 Å². The average Bonchev–Trinajstić information content (AvgIpc) is 2.58. The SMILES string of the molecule is CC(C)CCC(=O)NCC(=O)N1C[C@H](C)OC[C@@H]1c1ccccc1. The van der Waals surface area contributed by atoms with Crippen molar-refractivity contribution in [3.05, 3.63) is 35.9 Å². The van der Waals surface area contributed by atoms with E-state index in [1.807, 2.05) is 42.2 Å². The van der Waals surface area contributed by atoms with Crippen molar-refractivity contribution in [3.63, 3.8) is 0 Å². The van der Waals surface area contributed by atoms with E-state index in [2.05, 4.69) is 19.2 Å². The van der Waals surface area contributed by atoms with Crippen LogP contribution in [0.15, 0.2) is 30.3 Å². The van der Waals surface area contributed by atoms with Gasteiger partial charge in [0.05, 0.1) is 25.3 Å². The molecule has 1 aromatic rings. The summed E-state index contributed by atoms with van der Waals surface area (Å²) in [5, 5.41) is 2.75. The lowest BCUT2D eigenvalue weighted by Gasteiger charge is -2.39. The number of rotatable bonds is 6. The van der Waals surface area contributed by atoms with E-state index in [-0.39, 0.29) is 30.5 Å². The fraction of sp³-hybridized carbons (Fsp3) is 0.579. The van der Waals surface area contributed by atoms with E-state index < -0.39 is 0 Å². The Morgan fingerprint density at radius 2 is 2.00 bits per heavy atom. The van der Waals surface area contributed by atoms with Gasteiger partial charge in [-0.3, -0.25) is 9.59 Å². The van der Waals surface area contributed by atoms with Crippen molar-refractivity contribution >= 4 is 11.8 Å². The fourth-order valence-electron chi connectivity index (χ4n) is 2.81. The lowest BCUT2D eigenvalue weighted by Crippen LogP contribution is -2.50. The number of hydrogen-bond donors (Lipinski definition) is 1. The molecule has 1 saturated heterocycles. The molecule has 0 unspecified atom stereocenters. The number of amides is 2. The van der Waals surface area contributed by atoms with E-state index in [0.29, 0.717) is 25.5 Å². The van der Waals surface area contributed by atoms with Crippen LogP contribution in [0, 0.1) is 5.92 Å². The zero-order valence-electron chi connectivity index (χ0n) is 14.8. The molecular formula is C19H28N2O3. The molecule has 132 valence electrons. The summed E-state index contributed by atoms with van der Waals surface area (Å²) >= 11 is 0. The Balaban J connectivity index is 1.95. The molecule has 0 aliphatic carbocycles. The average molecular weight is 332 g/mol. The van der Waals surface area contributed by atoms with Gasteiger partial charge in [-0.25, -0.2) is 0 Å². The van der Waals surface area contributed by atoms with Gasteiger partial charge in [0.1, 0.15) is 0 Å². The molecule has 1 aromatic carbocycles. The molecule has 0 spiro atoms. The third-order valence-corrected chi connectivity index (χ3v) is 4.26. The monoisotopic (exact) mass is 332 g/mol. The maximum atomic E-state index is 12.6. The van der Waals surface area contributed by atoms with Crippen LogP contribution in [0.2, 0.25) is 0 Å². The highest BCUT2D eigenvalue weighted by Gasteiger charge is 2.31. The van der Waals surface area contributed by atoms with Gasteiger partial charge in [0.25, 0.3) is 0 Å². The maximum absolute atomic E-state index is 12.6. The van der Waals surface area contributed by atoms with E-state index in [0.717, 1.165) is 12.0 Å². The summed E-state index contributed by atoms with van der Waals surface area (Å²) in [5.74, 6) is 0.362. The molecule has 24 heavy (non-hydrogen) atoms. The molecule has 1 heterocycles. The first-order chi connectivity index (χ1) is 11.5. The van der Waals surface area contributed by atoms with E-state index in [9.17, 15) is 9.59 Å². The number of ether oxygens (including phenoxy) is 1. The zero-order valence-corrected chi connectivity index (χ0v) is 14.8. The molecule has 0 radical (unpaired) electrons. The molecule has 0 bridgehead atoms. The molecule has 2 rings (SSSR count). The van der Waals surface area contributed by atoms with Gasteiger partial charge in [-0.05, 0) is 24.8 Å². The van der Waals surface area contributed by atoms with Crippen LogP contribution in [0.1, 0.15) is 45.2 Å². The topological polar surface area (TPSA) is 58.6 Å². The molecule has 2 atom stereocenters. The summed E-state index contributed by atoms with van der Waals surface area (Å²) in [6.07, 6.45) is 1.30. The van der Waals surface area contributed by atoms with Crippen LogP contribution in [0.3, 0.4) is 0 Å². The first-order valence-corrected chi connectivity index (χ1v) is 8.70. The second kappa shape index (κ2) is 8.83. The molecule has 1 aliphatic rings. The van der Waals surface area contributed by atoms with E-state index in [4.69, 9.17) is 4.74 Å².